The standard InChI is InChI=1S/C15H22N4O3/c1-9(13-6-11-3-4-12(13)5-11)16-15(20)8-18-7-14(19(21)22)10(2)17-18/h7,9,11-13H,3-6,8H2,1-2H3,(H,16,20)/t9-,11+,12+,13-/m0/s1. The third-order valence-corrected chi connectivity index (χ3v) is 5.25. The molecule has 1 aromatic rings. The zero-order chi connectivity index (χ0) is 15.9. The molecule has 0 radical (unpaired) electrons. The van der Waals surface area contributed by atoms with Crippen molar-refractivity contribution in [3.8, 4) is 0 Å². The molecule has 1 heterocycles. The van der Waals surface area contributed by atoms with Crippen LogP contribution in [0, 0.1) is 34.8 Å². The van der Waals surface area contributed by atoms with E-state index in [0.29, 0.717) is 11.6 Å². The van der Waals surface area contributed by atoms with E-state index in [1.807, 2.05) is 0 Å². The van der Waals surface area contributed by atoms with Gasteiger partial charge in [-0.3, -0.25) is 19.6 Å². The van der Waals surface area contributed by atoms with Gasteiger partial charge in [0.1, 0.15) is 18.4 Å². The van der Waals surface area contributed by atoms with Crippen molar-refractivity contribution in [1.29, 1.82) is 0 Å². The Morgan fingerprint density at radius 2 is 2.32 bits per heavy atom. The van der Waals surface area contributed by atoms with Crippen LogP contribution in [0.5, 0.6) is 0 Å². The van der Waals surface area contributed by atoms with Crippen LogP contribution < -0.4 is 5.32 Å². The molecule has 2 aliphatic carbocycles. The highest BCUT2D eigenvalue weighted by molar-refractivity contribution is 5.76. The summed E-state index contributed by atoms with van der Waals surface area (Å²) in [5.74, 6) is 2.06. The molecule has 7 heteroatoms. The molecule has 22 heavy (non-hydrogen) atoms. The first-order chi connectivity index (χ1) is 10.4. The average molecular weight is 306 g/mol. The number of amides is 1. The molecule has 2 bridgehead atoms. The van der Waals surface area contributed by atoms with Crippen molar-refractivity contribution in [3.05, 3.63) is 22.0 Å². The minimum Gasteiger partial charge on any atom is -0.352 e. The highest BCUT2D eigenvalue weighted by atomic mass is 16.6. The number of carbonyl (C=O) groups excluding carboxylic acids is 1. The van der Waals surface area contributed by atoms with Gasteiger partial charge in [0.25, 0.3) is 0 Å². The van der Waals surface area contributed by atoms with Crippen LogP contribution in [0.15, 0.2) is 6.20 Å². The van der Waals surface area contributed by atoms with Gasteiger partial charge in [0.2, 0.25) is 5.91 Å². The number of hydrogen-bond acceptors (Lipinski definition) is 4. The molecular weight excluding hydrogens is 284 g/mol. The normalized spacial score (nSPS) is 27.8. The Kier molecular flexibility index (Phi) is 3.88. The van der Waals surface area contributed by atoms with Crippen molar-refractivity contribution < 1.29 is 9.72 Å². The third kappa shape index (κ3) is 2.84. The zero-order valence-electron chi connectivity index (χ0n) is 13.0. The van der Waals surface area contributed by atoms with Gasteiger partial charge in [0.15, 0.2) is 0 Å². The van der Waals surface area contributed by atoms with E-state index in [2.05, 4.69) is 17.3 Å². The number of fused-ring (bicyclic) bond motifs is 2. The minimum atomic E-state index is -0.478. The summed E-state index contributed by atoms with van der Waals surface area (Å²) in [7, 11) is 0. The topological polar surface area (TPSA) is 90.1 Å². The molecule has 120 valence electrons. The number of nitrogens with one attached hydrogen (secondary N) is 1. The van der Waals surface area contributed by atoms with E-state index < -0.39 is 4.92 Å². The van der Waals surface area contributed by atoms with Crippen LogP contribution in [0.25, 0.3) is 0 Å². The van der Waals surface area contributed by atoms with Crippen molar-refractivity contribution in [3.63, 3.8) is 0 Å². The van der Waals surface area contributed by atoms with Crippen LogP contribution >= 0.6 is 0 Å². The fourth-order valence-corrected chi connectivity index (χ4v) is 4.23. The van der Waals surface area contributed by atoms with E-state index >= 15 is 0 Å². The Hall–Kier alpha value is -1.92. The Labute approximate surface area is 129 Å². The highest BCUT2D eigenvalue weighted by Gasteiger charge is 2.42. The van der Waals surface area contributed by atoms with Crippen molar-refractivity contribution in [1.82, 2.24) is 15.1 Å². The lowest BCUT2D eigenvalue weighted by atomic mass is 9.84. The Morgan fingerprint density at radius 1 is 1.55 bits per heavy atom. The van der Waals surface area contributed by atoms with Gasteiger partial charge < -0.3 is 5.32 Å². The lowest BCUT2D eigenvalue weighted by Crippen LogP contribution is -2.41. The first-order valence-electron chi connectivity index (χ1n) is 7.92. The summed E-state index contributed by atoms with van der Waals surface area (Å²) in [4.78, 5) is 22.5. The van der Waals surface area contributed by atoms with Gasteiger partial charge in [-0.15, -0.1) is 0 Å². The van der Waals surface area contributed by atoms with E-state index in [9.17, 15) is 14.9 Å². The molecule has 2 aliphatic rings. The van der Waals surface area contributed by atoms with Crippen molar-refractivity contribution in [2.75, 3.05) is 0 Å². The molecular formula is C15H22N4O3. The maximum atomic E-state index is 12.1. The lowest BCUT2D eigenvalue weighted by Gasteiger charge is -2.28. The Bertz CT molecular complexity index is 598. The van der Waals surface area contributed by atoms with Crippen LogP contribution in [-0.4, -0.2) is 26.7 Å². The molecule has 0 aromatic carbocycles. The predicted molar refractivity (Wildman–Crippen MR) is 80.2 cm³/mol. The number of carbonyl (C=O) groups is 1. The maximum Gasteiger partial charge on any atom is 0.309 e. The average Bonchev–Trinajstić information content (AvgIpc) is 3.13. The molecule has 0 saturated heterocycles. The van der Waals surface area contributed by atoms with Crippen LogP contribution in [0.4, 0.5) is 5.69 Å². The quantitative estimate of drug-likeness (QED) is 0.666. The van der Waals surface area contributed by atoms with Crippen molar-refractivity contribution >= 4 is 11.6 Å². The van der Waals surface area contributed by atoms with Crippen LogP contribution in [0.1, 0.15) is 38.3 Å². The van der Waals surface area contributed by atoms with Crippen molar-refractivity contribution in [2.24, 2.45) is 17.8 Å². The fraction of sp³-hybridized carbons (Fsp3) is 0.733. The molecule has 1 amide bonds. The second-order valence-corrected chi connectivity index (χ2v) is 6.75. The summed E-state index contributed by atoms with van der Waals surface area (Å²) in [5, 5.41) is 17.9. The summed E-state index contributed by atoms with van der Waals surface area (Å²) in [6.07, 6.45) is 6.49. The van der Waals surface area contributed by atoms with Gasteiger partial charge in [-0.2, -0.15) is 5.10 Å². The maximum absolute atomic E-state index is 12.1. The minimum absolute atomic E-state index is 0.0276. The number of rotatable bonds is 5. The number of hydrogen-bond donors (Lipinski definition) is 1. The van der Waals surface area contributed by atoms with E-state index in [4.69, 9.17) is 0 Å². The zero-order valence-corrected chi connectivity index (χ0v) is 13.0. The Morgan fingerprint density at radius 3 is 2.86 bits per heavy atom. The first kappa shape index (κ1) is 15.0. The Balaban J connectivity index is 1.56. The second kappa shape index (κ2) is 5.70. The first-order valence-corrected chi connectivity index (χ1v) is 7.92. The van der Waals surface area contributed by atoms with Gasteiger partial charge in [0.05, 0.1) is 4.92 Å². The van der Waals surface area contributed by atoms with Gasteiger partial charge in [-0.25, -0.2) is 0 Å². The van der Waals surface area contributed by atoms with E-state index in [1.54, 1.807) is 6.92 Å². The predicted octanol–water partition coefficient (Wildman–Crippen LogP) is 2.04. The molecule has 0 aliphatic heterocycles. The van der Waals surface area contributed by atoms with E-state index in [0.717, 1.165) is 11.8 Å². The van der Waals surface area contributed by atoms with E-state index in [1.165, 1.54) is 36.6 Å². The highest BCUT2D eigenvalue weighted by Crippen LogP contribution is 2.49. The lowest BCUT2D eigenvalue weighted by molar-refractivity contribution is -0.385. The van der Waals surface area contributed by atoms with Gasteiger partial charge in [-0.05, 0) is 50.9 Å². The van der Waals surface area contributed by atoms with Crippen molar-refractivity contribution in [2.45, 2.75) is 52.1 Å². The van der Waals surface area contributed by atoms with Crippen LogP contribution in [0.2, 0.25) is 0 Å². The number of aromatic nitrogens is 2. The molecule has 1 N–H and O–H groups in total. The molecule has 3 rings (SSSR count). The summed E-state index contributed by atoms with van der Waals surface area (Å²) < 4.78 is 1.34. The molecule has 0 unspecified atom stereocenters. The molecule has 4 atom stereocenters. The molecule has 1 aromatic heterocycles. The van der Waals surface area contributed by atoms with Crippen LogP contribution in [0.3, 0.4) is 0 Å². The molecule has 2 fully saturated rings. The third-order valence-electron chi connectivity index (χ3n) is 5.25. The summed E-state index contributed by atoms with van der Waals surface area (Å²) in [6, 6.07) is 0.162. The fourth-order valence-electron chi connectivity index (χ4n) is 4.23. The number of aryl methyl sites for hydroxylation is 1. The summed E-state index contributed by atoms with van der Waals surface area (Å²) in [6.45, 7) is 3.67. The van der Waals surface area contributed by atoms with Gasteiger partial charge >= 0.3 is 5.69 Å². The summed E-state index contributed by atoms with van der Waals surface area (Å²) >= 11 is 0. The number of nitrogens with zero attached hydrogens (tertiary/aromatic N) is 3. The SMILES string of the molecule is Cc1nn(CC(=O)N[C@@H](C)[C@@H]2C[C@@H]3CC[C@@H]2C3)cc1[N+](=O)[O-]. The van der Waals surface area contributed by atoms with Gasteiger partial charge in [0, 0.05) is 6.04 Å². The summed E-state index contributed by atoms with van der Waals surface area (Å²) in [5.41, 5.74) is 0.285. The van der Waals surface area contributed by atoms with Gasteiger partial charge in [-0.1, -0.05) is 6.42 Å². The molecule has 7 nitrogen and oxygen atoms in total. The molecule has 2 saturated carbocycles. The number of nitro groups is 1. The van der Waals surface area contributed by atoms with E-state index in [-0.39, 0.29) is 24.2 Å². The largest absolute Gasteiger partial charge is 0.352 e. The smallest absolute Gasteiger partial charge is 0.309 e. The second-order valence-electron chi connectivity index (χ2n) is 6.75. The molecule has 0 spiro atoms. The van der Waals surface area contributed by atoms with Crippen LogP contribution in [-0.2, 0) is 11.3 Å². The monoisotopic (exact) mass is 306 g/mol.